The summed E-state index contributed by atoms with van der Waals surface area (Å²) in [6.45, 7) is -1.20. The van der Waals surface area contributed by atoms with Crippen molar-refractivity contribution in [3.63, 3.8) is 0 Å². The van der Waals surface area contributed by atoms with Crippen LogP contribution in [-0.2, 0) is 11.8 Å². The van der Waals surface area contributed by atoms with Crippen LogP contribution >= 0.6 is 0 Å². The monoisotopic (exact) mass is 356 g/mol. The lowest BCUT2D eigenvalue weighted by Crippen LogP contribution is -2.47. The number of carboxylic acids is 1. The number of nitrogens with zero attached hydrogens (tertiary/aromatic N) is 4. The number of aliphatic carboxylic acids is 1. The van der Waals surface area contributed by atoms with Crippen LogP contribution in [0.25, 0.3) is 5.82 Å². The number of hydrogen-bond donors (Lipinski definition) is 1. The first-order chi connectivity index (χ1) is 11.7. The lowest BCUT2D eigenvalue weighted by Gasteiger charge is -2.27. The molecule has 3 rings (SSSR count). The van der Waals surface area contributed by atoms with E-state index in [0.29, 0.717) is 5.82 Å². The number of carboxylic acid groups (broad SMARTS) is 1. The topological polar surface area (TPSA) is 80.4 Å². The summed E-state index contributed by atoms with van der Waals surface area (Å²) in [6, 6.07) is 3.46. The second-order valence-corrected chi connectivity index (χ2v) is 5.96. The maximum absolute atomic E-state index is 13.3. The molecular weight excluding hydrogens is 341 g/mol. The molecule has 7 nitrogen and oxygen atoms in total. The highest BCUT2D eigenvalue weighted by atomic mass is 19.4. The van der Waals surface area contributed by atoms with Crippen LogP contribution in [0, 0.1) is 5.41 Å². The van der Waals surface area contributed by atoms with Crippen LogP contribution in [0.2, 0.25) is 0 Å². The molecule has 0 aliphatic carbocycles. The van der Waals surface area contributed by atoms with Gasteiger partial charge in [0, 0.05) is 32.5 Å². The zero-order valence-electron chi connectivity index (χ0n) is 13.2. The lowest BCUT2D eigenvalue weighted by atomic mass is 9.86. The molecule has 2 aromatic rings. The second-order valence-electron chi connectivity index (χ2n) is 5.96. The minimum absolute atomic E-state index is 0.113. The molecule has 0 saturated carbocycles. The van der Waals surface area contributed by atoms with Gasteiger partial charge in [0.2, 0.25) is 0 Å². The zero-order chi connectivity index (χ0) is 18.4. The third-order valence-electron chi connectivity index (χ3n) is 4.50. The van der Waals surface area contributed by atoms with Gasteiger partial charge in [0.25, 0.3) is 5.91 Å². The highest BCUT2D eigenvalue weighted by molar-refractivity contribution is 5.97. The largest absolute Gasteiger partial charge is 0.481 e. The van der Waals surface area contributed by atoms with Crippen molar-refractivity contribution in [2.75, 3.05) is 13.1 Å². The summed E-state index contributed by atoms with van der Waals surface area (Å²) in [4.78, 5) is 24.9. The van der Waals surface area contributed by atoms with E-state index in [-0.39, 0.29) is 12.1 Å². The summed E-state index contributed by atoms with van der Waals surface area (Å²) in [7, 11) is 1.60. The molecule has 1 atom stereocenters. The number of amides is 1. The lowest BCUT2D eigenvalue weighted by molar-refractivity contribution is -0.227. The Kier molecular flexibility index (Phi) is 3.85. The molecule has 1 N–H and O–H groups in total. The van der Waals surface area contributed by atoms with E-state index in [1.807, 2.05) is 0 Å². The van der Waals surface area contributed by atoms with E-state index in [0.717, 1.165) is 4.90 Å². The maximum Gasteiger partial charge on any atom is 0.406 e. The van der Waals surface area contributed by atoms with Gasteiger partial charge in [0.05, 0.1) is 6.20 Å². The molecule has 0 radical (unpaired) electrons. The zero-order valence-corrected chi connectivity index (χ0v) is 13.2. The second kappa shape index (κ2) is 5.64. The third-order valence-corrected chi connectivity index (χ3v) is 4.50. The van der Waals surface area contributed by atoms with Gasteiger partial charge in [-0.1, -0.05) is 0 Å². The van der Waals surface area contributed by atoms with Gasteiger partial charge in [0.15, 0.2) is 5.41 Å². The Labute approximate surface area is 140 Å². The van der Waals surface area contributed by atoms with Gasteiger partial charge in [-0.2, -0.15) is 18.3 Å². The Morgan fingerprint density at radius 1 is 1.28 bits per heavy atom. The summed E-state index contributed by atoms with van der Waals surface area (Å²) in [5, 5.41) is 13.1. The Hall–Kier alpha value is -2.78. The molecule has 1 aliphatic rings. The molecule has 1 fully saturated rings. The van der Waals surface area contributed by atoms with Crippen LogP contribution in [0.1, 0.15) is 16.8 Å². The van der Waals surface area contributed by atoms with Crippen molar-refractivity contribution in [1.29, 1.82) is 0 Å². The first-order valence-electron chi connectivity index (χ1n) is 7.42. The van der Waals surface area contributed by atoms with Crippen molar-refractivity contribution in [3.05, 3.63) is 36.3 Å². The van der Waals surface area contributed by atoms with E-state index in [1.54, 1.807) is 36.1 Å². The van der Waals surface area contributed by atoms with Gasteiger partial charge >= 0.3 is 12.1 Å². The van der Waals surface area contributed by atoms with Crippen molar-refractivity contribution in [1.82, 2.24) is 19.2 Å². The normalized spacial score (nSPS) is 20.9. The fourth-order valence-corrected chi connectivity index (χ4v) is 3.04. The van der Waals surface area contributed by atoms with Gasteiger partial charge < -0.3 is 14.6 Å². The molecule has 25 heavy (non-hydrogen) atoms. The summed E-state index contributed by atoms with van der Waals surface area (Å²) in [5.41, 5.74) is -2.82. The number of rotatable bonds is 3. The van der Waals surface area contributed by atoms with Gasteiger partial charge in [-0.05, 0) is 18.6 Å². The smallest absolute Gasteiger partial charge is 0.406 e. The van der Waals surface area contributed by atoms with Gasteiger partial charge in [-0.25, -0.2) is 0 Å². The molecular formula is C15H15F3N4O3. The SMILES string of the molecule is Cn1ncc(C(=O)N2CCC(C(=O)O)(C(F)(F)F)C2)c1-n1cccc1. The molecule has 0 aromatic carbocycles. The molecule has 0 spiro atoms. The predicted molar refractivity (Wildman–Crippen MR) is 79.2 cm³/mol. The van der Waals surface area contributed by atoms with Crippen LogP contribution in [0.3, 0.4) is 0 Å². The fourth-order valence-electron chi connectivity index (χ4n) is 3.04. The first-order valence-corrected chi connectivity index (χ1v) is 7.42. The number of aryl methyl sites for hydroxylation is 1. The molecule has 0 bridgehead atoms. The van der Waals surface area contributed by atoms with E-state index < -0.39 is 36.4 Å². The van der Waals surface area contributed by atoms with Crippen LogP contribution in [0.15, 0.2) is 30.7 Å². The molecule has 2 aromatic heterocycles. The van der Waals surface area contributed by atoms with Crippen molar-refractivity contribution >= 4 is 11.9 Å². The summed E-state index contributed by atoms with van der Waals surface area (Å²) in [6.07, 6.45) is -0.987. The molecule has 1 saturated heterocycles. The first kappa shape index (κ1) is 17.1. The Balaban J connectivity index is 1.93. The van der Waals surface area contributed by atoms with Crippen LogP contribution in [-0.4, -0.2) is 55.5 Å². The van der Waals surface area contributed by atoms with E-state index in [9.17, 15) is 22.8 Å². The summed E-state index contributed by atoms with van der Waals surface area (Å²) < 4.78 is 42.9. The molecule has 3 heterocycles. The number of carbonyl (C=O) groups is 2. The highest BCUT2D eigenvalue weighted by Gasteiger charge is 2.64. The van der Waals surface area contributed by atoms with Gasteiger partial charge in [-0.15, -0.1) is 0 Å². The third kappa shape index (κ3) is 2.57. The van der Waals surface area contributed by atoms with Crippen molar-refractivity contribution in [3.8, 4) is 5.82 Å². The van der Waals surface area contributed by atoms with E-state index in [1.165, 1.54) is 10.9 Å². The average Bonchev–Trinajstić information content (AvgIpc) is 3.24. The van der Waals surface area contributed by atoms with Crippen molar-refractivity contribution in [2.45, 2.75) is 12.6 Å². The number of halogens is 3. The molecule has 10 heteroatoms. The van der Waals surface area contributed by atoms with Crippen molar-refractivity contribution < 1.29 is 27.9 Å². The number of hydrogen-bond acceptors (Lipinski definition) is 3. The van der Waals surface area contributed by atoms with Crippen molar-refractivity contribution in [2.24, 2.45) is 12.5 Å². The summed E-state index contributed by atoms with van der Waals surface area (Å²) in [5.74, 6) is -2.24. The number of alkyl halides is 3. The molecule has 1 amide bonds. The summed E-state index contributed by atoms with van der Waals surface area (Å²) >= 11 is 0. The maximum atomic E-state index is 13.3. The Bertz CT molecular complexity index is 813. The predicted octanol–water partition coefficient (Wildman–Crippen LogP) is 1.69. The minimum Gasteiger partial charge on any atom is -0.481 e. The number of aromatic nitrogens is 3. The Morgan fingerprint density at radius 2 is 1.92 bits per heavy atom. The molecule has 1 aliphatic heterocycles. The van der Waals surface area contributed by atoms with E-state index in [2.05, 4.69) is 5.10 Å². The standard InChI is InChI=1S/C15H15F3N4O3/c1-20-11(21-5-2-3-6-21)10(8-19-20)12(23)22-7-4-14(9-22,13(24)25)15(16,17)18/h2-3,5-6,8H,4,7,9H2,1H3,(H,24,25). The molecule has 134 valence electrons. The highest BCUT2D eigenvalue weighted by Crippen LogP contribution is 2.46. The number of likely N-dealkylation sites (tertiary alicyclic amines) is 1. The Morgan fingerprint density at radius 3 is 2.44 bits per heavy atom. The van der Waals surface area contributed by atoms with Gasteiger partial charge in [-0.3, -0.25) is 14.3 Å². The van der Waals surface area contributed by atoms with Crippen LogP contribution < -0.4 is 0 Å². The number of carbonyl (C=O) groups excluding carboxylic acids is 1. The van der Waals surface area contributed by atoms with E-state index in [4.69, 9.17) is 5.11 Å². The molecule has 1 unspecified atom stereocenters. The average molecular weight is 356 g/mol. The van der Waals surface area contributed by atoms with Crippen LogP contribution in [0.5, 0.6) is 0 Å². The fraction of sp³-hybridized carbons (Fsp3) is 0.400. The van der Waals surface area contributed by atoms with Gasteiger partial charge in [0.1, 0.15) is 11.4 Å². The minimum atomic E-state index is -4.94. The quantitative estimate of drug-likeness (QED) is 0.908. The van der Waals surface area contributed by atoms with Crippen LogP contribution in [0.4, 0.5) is 13.2 Å². The van der Waals surface area contributed by atoms with E-state index >= 15 is 0 Å².